The maximum atomic E-state index is 12.4. The maximum Gasteiger partial charge on any atom is 0.231 e. The molecule has 2 aromatic rings. The Hall–Kier alpha value is -2.10. The lowest BCUT2D eigenvalue weighted by Gasteiger charge is -2.10. The molecule has 7 nitrogen and oxygen atoms in total. The Bertz CT molecular complexity index is 995. The number of hydrogen-bond acceptors (Lipinski definition) is 7. The van der Waals surface area contributed by atoms with Crippen molar-refractivity contribution in [1.82, 2.24) is 0 Å². The number of fused-ring (bicyclic) bond motifs is 1. The van der Waals surface area contributed by atoms with Gasteiger partial charge in [-0.25, -0.2) is 16.8 Å². The van der Waals surface area contributed by atoms with Crippen LogP contribution in [0.3, 0.4) is 0 Å². The summed E-state index contributed by atoms with van der Waals surface area (Å²) in [5.41, 5.74) is 0.718. The van der Waals surface area contributed by atoms with Gasteiger partial charge in [-0.05, 0) is 29.8 Å². The molecule has 0 fully saturated rings. The van der Waals surface area contributed by atoms with E-state index in [0.717, 1.165) is 11.8 Å². The first-order valence-electron chi connectivity index (χ1n) is 7.25. The summed E-state index contributed by atoms with van der Waals surface area (Å²) < 4.78 is 64.2. The van der Waals surface area contributed by atoms with Crippen LogP contribution < -0.4 is 9.47 Å². The molecule has 0 N–H and O–H groups in total. The van der Waals surface area contributed by atoms with E-state index in [2.05, 4.69) is 0 Å². The van der Waals surface area contributed by atoms with Gasteiger partial charge in [-0.15, -0.1) is 0 Å². The third-order valence-corrected chi connectivity index (χ3v) is 6.32. The standard InChI is InChI=1S/C16H16O7S2/c1-24(17,18)15-4-2-3-5-16(15)25(19,20)11-21-9-12-6-7-13-14(8-12)23-10-22-13/h2-8H,9-11H2,1H3. The third-order valence-electron chi connectivity index (χ3n) is 3.53. The normalized spacial score (nSPS) is 13.8. The first kappa shape index (κ1) is 17.7. The SMILES string of the molecule is CS(=O)(=O)c1ccccc1S(=O)(=O)COCc1ccc2c(c1)OCO2. The second-order valence-corrected chi connectivity index (χ2v) is 9.38. The molecule has 0 saturated carbocycles. The Kier molecular flexibility index (Phi) is 4.72. The fourth-order valence-corrected chi connectivity index (χ4v) is 5.06. The first-order chi connectivity index (χ1) is 11.8. The van der Waals surface area contributed by atoms with Crippen LogP contribution >= 0.6 is 0 Å². The number of rotatable bonds is 6. The molecule has 0 amide bonds. The summed E-state index contributed by atoms with van der Waals surface area (Å²) in [7, 11) is -7.58. The van der Waals surface area contributed by atoms with Crippen molar-refractivity contribution in [2.75, 3.05) is 19.0 Å². The molecule has 0 aromatic heterocycles. The molecule has 0 unspecified atom stereocenters. The van der Waals surface area contributed by atoms with E-state index in [4.69, 9.17) is 14.2 Å². The topological polar surface area (TPSA) is 96.0 Å². The molecular weight excluding hydrogens is 368 g/mol. The van der Waals surface area contributed by atoms with Gasteiger partial charge in [0.2, 0.25) is 16.6 Å². The highest BCUT2D eigenvalue weighted by Gasteiger charge is 2.23. The maximum absolute atomic E-state index is 12.4. The Labute approximate surface area is 146 Å². The molecule has 2 aromatic carbocycles. The van der Waals surface area contributed by atoms with E-state index in [9.17, 15) is 16.8 Å². The van der Waals surface area contributed by atoms with E-state index in [1.165, 1.54) is 24.3 Å². The summed E-state index contributed by atoms with van der Waals surface area (Å²) in [5, 5.41) is 0. The van der Waals surface area contributed by atoms with Crippen molar-refractivity contribution >= 4 is 19.7 Å². The summed E-state index contributed by atoms with van der Waals surface area (Å²) in [5.74, 6) is 0.568. The molecule has 9 heteroatoms. The predicted octanol–water partition coefficient (Wildman–Crippen LogP) is 1.77. The molecule has 0 aliphatic carbocycles. The molecule has 25 heavy (non-hydrogen) atoms. The van der Waals surface area contributed by atoms with Gasteiger partial charge in [0, 0.05) is 6.26 Å². The Morgan fingerprint density at radius 2 is 1.64 bits per heavy atom. The van der Waals surface area contributed by atoms with Crippen LogP contribution in [0.1, 0.15) is 5.56 Å². The molecule has 1 aliphatic heterocycles. The lowest BCUT2D eigenvalue weighted by atomic mass is 10.2. The van der Waals surface area contributed by atoms with Crippen LogP contribution in [0.5, 0.6) is 11.5 Å². The summed E-state index contributed by atoms with van der Waals surface area (Å²) >= 11 is 0. The second-order valence-electron chi connectivity index (χ2n) is 5.49. The zero-order chi connectivity index (χ0) is 18.1. The van der Waals surface area contributed by atoms with Gasteiger partial charge in [0.25, 0.3) is 0 Å². The van der Waals surface area contributed by atoms with Crippen molar-refractivity contribution in [2.24, 2.45) is 0 Å². The van der Waals surface area contributed by atoms with E-state index in [1.807, 2.05) is 0 Å². The zero-order valence-corrected chi connectivity index (χ0v) is 15.0. The largest absolute Gasteiger partial charge is 0.454 e. The van der Waals surface area contributed by atoms with Gasteiger partial charge in [-0.3, -0.25) is 0 Å². The molecule has 1 aliphatic rings. The van der Waals surface area contributed by atoms with Crippen LogP contribution in [0.15, 0.2) is 52.3 Å². The third kappa shape index (κ3) is 3.94. The molecule has 0 spiro atoms. The van der Waals surface area contributed by atoms with Crippen molar-refractivity contribution in [3.05, 3.63) is 48.0 Å². The molecule has 0 atom stereocenters. The van der Waals surface area contributed by atoms with Crippen LogP contribution in [0.25, 0.3) is 0 Å². The lowest BCUT2D eigenvalue weighted by molar-refractivity contribution is 0.162. The minimum absolute atomic E-state index is 0.0386. The summed E-state index contributed by atoms with van der Waals surface area (Å²) in [4.78, 5) is -0.495. The summed E-state index contributed by atoms with van der Waals surface area (Å²) in [6.45, 7) is 0.188. The number of sulfone groups is 2. The highest BCUT2D eigenvalue weighted by Crippen LogP contribution is 2.32. The van der Waals surface area contributed by atoms with Crippen LogP contribution in [0.4, 0.5) is 0 Å². The van der Waals surface area contributed by atoms with Crippen LogP contribution in [-0.4, -0.2) is 35.8 Å². The number of benzene rings is 2. The quantitative estimate of drug-likeness (QED) is 0.749. The Morgan fingerprint density at radius 3 is 2.36 bits per heavy atom. The smallest absolute Gasteiger partial charge is 0.231 e. The van der Waals surface area contributed by atoms with Crippen LogP contribution in [0, 0.1) is 0 Å². The Balaban J connectivity index is 1.73. The second kappa shape index (κ2) is 6.66. The van der Waals surface area contributed by atoms with E-state index in [1.54, 1.807) is 18.2 Å². The van der Waals surface area contributed by atoms with Crippen LogP contribution in [-0.2, 0) is 31.0 Å². The number of ether oxygens (including phenoxy) is 3. The van der Waals surface area contributed by atoms with E-state index >= 15 is 0 Å². The van der Waals surface area contributed by atoms with Gasteiger partial charge in [0.1, 0.15) is 0 Å². The van der Waals surface area contributed by atoms with E-state index in [-0.39, 0.29) is 23.2 Å². The minimum Gasteiger partial charge on any atom is -0.454 e. The highest BCUT2D eigenvalue weighted by atomic mass is 32.2. The molecule has 0 radical (unpaired) electrons. The van der Waals surface area contributed by atoms with Gasteiger partial charge in [-0.1, -0.05) is 18.2 Å². The predicted molar refractivity (Wildman–Crippen MR) is 89.0 cm³/mol. The number of hydrogen-bond donors (Lipinski definition) is 0. The first-order valence-corrected chi connectivity index (χ1v) is 10.8. The molecule has 1 heterocycles. The van der Waals surface area contributed by atoms with Crippen molar-refractivity contribution in [2.45, 2.75) is 16.4 Å². The molecule has 0 saturated heterocycles. The lowest BCUT2D eigenvalue weighted by Crippen LogP contribution is -2.14. The molecule has 134 valence electrons. The van der Waals surface area contributed by atoms with Crippen LogP contribution in [0.2, 0.25) is 0 Å². The summed E-state index contributed by atoms with van der Waals surface area (Å²) in [6, 6.07) is 10.6. The van der Waals surface area contributed by atoms with Gasteiger partial charge >= 0.3 is 0 Å². The Morgan fingerprint density at radius 1 is 0.960 bits per heavy atom. The van der Waals surface area contributed by atoms with E-state index < -0.39 is 25.6 Å². The summed E-state index contributed by atoms with van der Waals surface area (Å²) in [6.07, 6.45) is 0.967. The monoisotopic (exact) mass is 384 g/mol. The van der Waals surface area contributed by atoms with Crippen molar-refractivity contribution < 1.29 is 31.0 Å². The van der Waals surface area contributed by atoms with Crippen molar-refractivity contribution in [3.8, 4) is 11.5 Å². The van der Waals surface area contributed by atoms with Gasteiger partial charge in [0.15, 0.2) is 27.3 Å². The zero-order valence-electron chi connectivity index (χ0n) is 13.3. The van der Waals surface area contributed by atoms with Crippen molar-refractivity contribution in [3.63, 3.8) is 0 Å². The fourth-order valence-electron chi connectivity index (χ4n) is 2.38. The fraction of sp³-hybridized carbons (Fsp3) is 0.250. The van der Waals surface area contributed by atoms with Gasteiger partial charge in [0.05, 0.1) is 16.4 Å². The van der Waals surface area contributed by atoms with Crippen molar-refractivity contribution in [1.29, 1.82) is 0 Å². The molecular formula is C16H16O7S2. The van der Waals surface area contributed by atoms with E-state index in [0.29, 0.717) is 11.5 Å². The average Bonchev–Trinajstić information content (AvgIpc) is 3.01. The minimum atomic E-state index is -3.91. The van der Waals surface area contributed by atoms with Gasteiger partial charge < -0.3 is 14.2 Å². The van der Waals surface area contributed by atoms with Gasteiger partial charge in [-0.2, -0.15) is 0 Å². The molecule has 0 bridgehead atoms. The molecule has 3 rings (SSSR count). The highest BCUT2D eigenvalue weighted by molar-refractivity contribution is 7.94. The average molecular weight is 384 g/mol.